The molecule has 0 fully saturated rings. The van der Waals surface area contributed by atoms with Gasteiger partial charge in [0.05, 0.1) is 0 Å². The van der Waals surface area contributed by atoms with Crippen molar-refractivity contribution < 1.29 is 9.50 Å². The lowest BCUT2D eigenvalue weighted by Crippen LogP contribution is -2.26. The highest BCUT2D eigenvalue weighted by Crippen LogP contribution is 2.37. The summed E-state index contributed by atoms with van der Waals surface area (Å²) in [5.41, 5.74) is 5.72. The molecule has 0 amide bonds. The van der Waals surface area contributed by atoms with Gasteiger partial charge in [-0.25, -0.2) is 4.39 Å². The topological polar surface area (TPSA) is 70.0 Å². The summed E-state index contributed by atoms with van der Waals surface area (Å²) in [6.07, 6.45) is 0. The molecule has 1 rings (SSSR count). The second kappa shape index (κ2) is 5.35. The van der Waals surface area contributed by atoms with Gasteiger partial charge in [0.1, 0.15) is 23.2 Å². The lowest BCUT2D eigenvalue weighted by atomic mass is 9.82. The summed E-state index contributed by atoms with van der Waals surface area (Å²) in [5.74, 6) is -1.09. The van der Waals surface area contributed by atoms with Crippen molar-refractivity contribution in [2.45, 2.75) is 26.8 Å². The Hall–Kier alpha value is -1.31. The van der Waals surface area contributed by atoms with Crippen LogP contribution in [-0.2, 0) is 0 Å². The van der Waals surface area contributed by atoms with E-state index in [0.717, 1.165) is 6.07 Å². The van der Waals surface area contributed by atoms with Gasteiger partial charge in [0.25, 0.3) is 0 Å². The number of nitrogens with zero attached hydrogens (tertiary/aromatic N) is 1. The van der Waals surface area contributed by atoms with Gasteiger partial charge < -0.3 is 10.8 Å². The Morgan fingerprint density at radius 2 is 1.94 bits per heavy atom. The fourth-order valence-corrected chi connectivity index (χ4v) is 1.41. The molecule has 1 atom stereocenters. The van der Waals surface area contributed by atoms with E-state index in [2.05, 4.69) is 0 Å². The lowest BCUT2D eigenvalue weighted by Gasteiger charge is -2.28. The summed E-state index contributed by atoms with van der Waals surface area (Å²) in [6.45, 7) is 5.73. The molecule has 0 aromatic heterocycles. The Labute approximate surface area is 106 Å². The van der Waals surface area contributed by atoms with Gasteiger partial charge in [0.15, 0.2) is 0 Å². The van der Waals surface area contributed by atoms with Gasteiger partial charge >= 0.3 is 0 Å². The van der Waals surface area contributed by atoms with Crippen LogP contribution in [0.15, 0.2) is 12.1 Å². The number of hydrogen-bond donors (Lipinski definition) is 2. The summed E-state index contributed by atoms with van der Waals surface area (Å²) in [6, 6.07) is 3.74. The van der Waals surface area contributed by atoms with E-state index in [-0.39, 0.29) is 29.1 Å². The molecule has 5 heteroatoms. The van der Waals surface area contributed by atoms with Crippen molar-refractivity contribution in [3.05, 3.63) is 29.1 Å². The Bertz CT molecular complexity index is 449. The molecule has 0 bridgehead atoms. The highest BCUT2D eigenvalue weighted by atomic mass is 35.5. The van der Waals surface area contributed by atoms with Crippen LogP contribution in [0.2, 0.25) is 0 Å². The first kappa shape index (κ1) is 15.7. The number of phenols is 1. The molecule has 17 heavy (non-hydrogen) atoms. The van der Waals surface area contributed by atoms with E-state index < -0.39 is 11.9 Å². The summed E-state index contributed by atoms with van der Waals surface area (Å²) >= 11 is 0. The van der Waals surface area contributed by atoms with Crippen molar-refractivity contribution in [1.29, 1.82) is 5.26 Å². The minimum absolute atomic E-state index is 0. The number of phenolic OH excluding ortho intramolecular Hbond substituents is 1. The second-order valence-corrected chi connectivity index (χ2v) is 4.82. The van der Waals surface area contributed by atoms with Crippen LogP contribution in [0.25, 0.3) is 0 Å². The first-order chi connectivity index (χ1) is 7.29. The predicted molar refractivity (Wildman–Crippen MR) is 66.4 cm³/mol. The Morgan fingerprint density at radius 1 is 1.41 bits per heavy atom. The first-order valence-electron chi connectivity index (χ1n) is 4.96. The molecule has 0 unspecified atom stereocenters. The summed E-state index contributed by atoms with van der Waals surface area (Å²) in [5, 5.41) is 18.5. The van der Waals surface area contributed by atoms with Crippen molar-refractivity contribution >= 4 is 12.4 Å². The van der Waals surface area contributed by atoms with Crippen LogP contribution in [0.1, 0.15) is 37.9 Å². The average molecular weight is 259 g/mol. The largest absolute Gasteiger partial charge is 0.506 e. The third-order valence-corrected chi connectivity index (χ3v) is 2.54. The zero-order chi connectivity index (χ0) is 12.5. The fraction of sp³-hybridized carbons (Fsp3) is 0.417. The third kappa shape index (κ3) is 3.09. The molecule has 0 aliphatic carbocycles. The molecule has 0 aliphatic rings. The van der Waals surface area contributed by atoms with Gasteiger partial charge in [0, 0.05) is 11.6 Å². The van der Waals surface area contributed by atoms with Crippen molar-refractivity contribution in [3.8, 4) is 11.8 Å². The van der Waals surface area contributed by atoms with Crippen LogP contribution in [0, 0.1) is 22.6 Å². The zero-order valence-corrected chi connectivity index (χ0v) is 10.8. The molecule has 3 N–H and O–H groups in total. The van der Waals surface area contributed by atoms with Gasteiger partial charge in [-0.1, -0.05) is 26.8 Å². The minimum Gasteiger partial charge on any atom is -0.506 e. The molecule has 1 aromatic carbocycles. The van der Waals surface area contributed by atoms with E-state index in [4.69, 9.17) is 11.0 Å². The second-order valence-electron chi connectivity index (χ2n) is 4.82. The van der Waals surface area contributed by atoms with E-state index in [9.17, 15) is 9.50 Å². The van der Waals surface area contributed by atoms with Crippen LogP contribution in [0.3, 0.4) is 0 Å². The normalized spacial score (nSPS) is 12.5. The molecule has 0 spiro atoms. The molecule has 0 saturated carbocycles. The number of hydrogen-bond acceptors (Lipinski definition) is 3. The average Bonchev–Trinajstić information content (AvgIpc) is 2.16. The highest BCUT2D eigenvalue weighted by Gasteiger charge is 2.26. The van der Waals surface area contributed by atoms with Crippen molar-refractivity contribution in [2.75, 3.05) is 0 Å². The van der Waals surface area contributed by atoms with E-state index >= 15 is 0 Å². The van der Waals surface area contributed by atoms with Crippen LogP contribution >= 0.6 is 12.4 Å². The summed E-state index contributed by atoms with van der Waals surface area (Å²) in [4.78, 5) is 0. The number of nitriles is 1. The number of halogens is 2. The third-order valence-electron chi connectivity index (χ3n) is 2.54. The molecule has 0 aliphatic heterocycles. The van der Waals surface area contributed by atoms with Crippen molar-refractivity contribution in [2.24, 2.45) is 11.1 Å². The summed E-state index contributed by atoms with van der Waals surface area (Å²) < 4.78 is 13.2. The van der Waals surface area contributed by atoms with Crippen molar-refractivity contribution in [1.82, 2.24) is 0 Å². The predicted octanol–water partition coefficient (Wildman–Crippen LogP) is 2.87. The maximum atomic E-state index is 13.2. The van der Waals surface area contributed by atoms with E-state index in [1.807, 2.05) is 20.8 Å². The van der Waals surface area contributed by atoms with Gasteiger partial charge in [-0.2, -0.15) is 5.26 Å². The standard InChI is InChI=1S/C12H15FN2O.ClH/c1-12(2,3)11(15)7-4-5-9(13)8(6-14)10(7)16;/h4-5,11,16H,15H2,1-3H3;1H/t11-;/m0./s1. The van der Waals surface area contributed by atoms with E-state index in [0.29, 0.717) is 5.56 Å². The molecule has 0 saturated heterocycles. The smallest absolute Gasteiger partial charge is 0.144 e. The van der Waals surface area contributed by atoms with Crippen LogP contribution in [-0.4, -0.2) is 5.11 Å². The van der Waals surface area contributed by atoms with Gasteiger partial charge in [-0.05, 0) is 11.5 Å². The Kier molecular flexibility index (Phi) is 4.94. The molecule has 1 aromatic rings. The number of aromatic hydroxyl groups is 1. The molecule has 94 valence electrons. The molecule has 0 radical (unpaired) electrons. The number of nitrogens with two attached hydrogens (primary N) is 1. The highest BCUT2D eigenvalue weighted by molar-refractivity contribution is 5.85. The summed E-state index contributed by atoms with van der Waals surface area (Å²) in [7, 11) is 0. The Balaban J connectivity index is 0.00000256. The minimum atomic E-state index is -0.732. The first-order valence-corrected chi connectivity index (χ1v) is 4.96. The monoisotopic (exact) mass is 258 g/mol. The van der Waals surface area contributed by atoms with Gasteiger partial charge in [0.2, 0.25) is 0 Å². The van der Waals surface area contributed by atoms with E-state index in [1.54, 1.807) is 6.07 Å². The van der Waals surface area contributed by atoms with Gasteiger partial charge in [-0.3, -0.25) is 0 Å². The van der Waals surface area contributed by atoms with Crippen LogP contribution < -0.4 is 5.73 Å². The zero-order valence-electron chi connectivity index (χ0n) is 9.99. The molecular weight excluding hydrogens is 243 g/mol. The fourth-order valence-electron chi connectivity index (χ4n) is 1.41. The molecule has 0 heterocycles. The maximum absolute atomic E-state index is 13.2. The quantitative estimate of drug-likeness (QED) is 0.814. The molecule has 3 nitrogen and oxygen atoms in total. The van der Waals surface area contributed by atoms with Crippen LogP contribution in [0.5, 0.6) is 5.75 Å². The Morgan fingerprint density at radius 3 is 2.35 bits per heavy atom. The van der Waals surface area contributed by atoms with Gasteiger partial charge in [-0.15, -0.1) is 12.4 Å². The van der Waals surface area contributed by atoms with E-state index in [1.165, 1.54) is 6.07 Å². The lowest BCUT2D eigenvalue weighted by molar-refractivity contribution is 0.317. The van der Waals surface area contributed by atoms with Crippen molar-refractivity contribution in [3.63, 3.8) is 0 Å². The maximum Gasteiger partial charge on any atom is 0.144 e. The van der Waals surface area contributed by atoms with Crippen LogP contribution in [0.4, 0.5) is 4.39 Å². The number of rotatable bonds is 1. The number of benzene rings is 1. The SMILES string of the molecule is CC(C)(C)[C@@H](N)c1ccc(F)c(C#N)c1O.Cl. The molecular formula is C12H16ClFN2O.